The van der Waals surface area contributed by atoms with E-state index in [0.717, 1.165) is 15.7 Å². The molecular formula is C16H21N3OS2. The average molecular weight is 335 g/mol. The Morgan fingerprint density at radius 1 is 1.41 bits per heavy atom. The first-order chi connectivity index (χ1) is 10.5. The minimum atomic E-state index is -0.132. The van der Waals surface area contributed by atoms with E-state index < -0.39 is 0 Å². The molecule has 2 aromatic heterocycles. The number of nitrogens with one attached hydrogen (secondary N) is 1. The molecule has 0 radical (unpaired) electrons. The highest BCUT2D eigenvalue weighted by Crippen LogP contribution is 2.42. The molecule has 0 fully saturated rings. The number of thiophene rings is 1. The molecule has 22 heavy (non-hydrogen) atoms. The molecule has 0 aliphatic carbocycles. The second-order valence-electron chi connectivity index (χ2n) is 6.17. The van der Waals surface area contributed by atoms with Crippen LogP contribution in [0.1, 0.15) is 33.4 Å². The van der Waals surface area contributed by atoms with E-state index in [1.165, 1.54) is 5.56 Å². The molecule has 1 atom stereocenters. The molecule has 0 unspecified atom stereocenters. The van der Waals surface area contributed by atoms with Gasteiger partial charge in [-0.05, 0) is 39.1 Å². The van der Waals surface area contributed by atoms with Crippen molar-refractivity contribution in [3.05, 3.63) is 22.5 Å². The van der Waals surface area contributed by atoms with Crippen LogP contribution < -0.4 is 10.2 Å². The van der Waals surface area contributed by atoms with Crippen molar-refractivity contribution in [2.45, 2.75) is 52.2 Å². The van der Waals surface area contributed by atoms with E-state index in [4.69, 9.17) is 4.98 Å². The Hall–Kier alpha value is -1.40. The lowest BCUT2D eigenvalue weighted by Crippen LogP contribution is -2.49. The first-order valence-electron chi connectivity index (χ1n) is 7.58. The SMILES string of the molecule is CC(C)NC(=O)[C@H]1Cc2nc(-c3ccsc3)sc2N1C(C)C. The summed E-state index contributed by atoms with van der Waals surface area (Å²) in [6, 6.07) is 2.41. The topological polar surface area (TPSA) is 45.2 Å². The van der Waals surface area contributed by atoms with E-state index in [1.807, 2.05) is 13.8 Å². The van der Waals surface area contributed by atoms with Gasteiger partial charge in [0.1, 0.15) is 16.1 Å². The van der Waals surface area contributed by atoms with Crippen molar-refractivity contribution in [3.63, 3.8) is 0 Å². The monoisotopic (exact) mass is 335 g/mol. The molecule has 2 aromatic rings. The number of amides is 1. The number of hydrogen-bond donors (Lipinski definition) is 1. The maximum atomic E-state index is 12.5. The molecule has 1 aliphatic heterocycles. The number of carbonyl (C=O) groups excluding carboxylic acids is 1. The third kappa shape index (κ3) is 2.77. The summed E-state index contributed by atoms with van der Waals surface area (Å²) < 4.78 is 0. The lowest BCUT2D eigenvalue weighted by molar-refractivity contribution is -0.122. The van der Waals surface area contributed by atoms with Gasteiger partial charge in [0, 0.05) is 29.4 Å². The maximum Gasteiger partial charge on any atom is 0.243 e. The number of anilines is 1. The minimum Gasteiger partial charge on any atom is -0.352 e. The van der Waals surface area contributed by atoms with Crippen molar-refractivity contribution in [1.29, 1.82) is 0 Å². The number of fused-ring (bicyclic) bond motifs is 1. The molecule has 0 bridgehead atoms. The van der Waals surface area contributed by atoms with Gasteiger partial charge in [0.2, 0.25) is 5.91 Å². The van der Waals surface area contributed by atoms with Crippen molar-refractivity contribution in [3.8, 4) is 10.6 Å². The fourth-order valence-electron chi connectivity index (χ4n) is 2.81. The zero-order valence-corrected chi connectivity index (χ0v) is 14.9. The van der Waals surface area contributed by atoms with Crippen molar-refractivity contribution in [1.82, 2.24) is 10.3 Å². The van der Waals surface area contributed by atoms with Gasteiger partial charge in [0.05, 0.1) is 5.69 Å². The van der Waals surface area contributed by atoms with Crippen LogP contribution in [0, 0.1) is 0 Å². The Kier molecular flexibility index (Phi) is 4.23. The van der Waals surface area contributed by atoms with E-state index in [0.29, 0.717) is 6.42 Å². The highest BCUT2D eigenvalue weighted by Gasteiger charge is 2.39. The van der Waals surface area contributed by atoms with Crippen LogP contribution in [-0.4, -0.2) is 29.0 Å². The summed E-state index contributed by atoms with van der Waals surface area (Å²) in [7, 11) is 0. The van der Waals surface area contributed by atoms with Crippen molar-refractivity contribution < 1.29 is 4.79 Å². The van der Waals surface area contributed by atoms with E-state index in [2.05, 4.69) is 40.9 Å². The maximum absolute atomic E-state index is 12.5. The largest absolute Gasteiger partial charge is 0.352 e. The van der Waals surface area contributed by atoms with E-state index >= 15 is 0 Å². The zero-order valence-electron chi connectivity index (χ0n) is 13.3. The van der Waals surface area contributed by atoms with Gasteiger partial charge in [-0.15, -0.1) is 0 Å². The molecule has 1 aliphatic rings. The number of hydrogen-bond acceptors (Lipinski definition) is 5. The van der Waals surface area contributed by atoms with Crippen LogP contribution in [0.15, 0.2) is 16.8 Å². The van der Waals surface area contributed by atoms with Crippen LogP contribution >= 0.6 is 22.7 Å². The summed E-state index contributed by atoms with van der Waals surface area (Å²) in [6.07, 6.45) is 0.701. The van der Waals surface area contributed by atoms with E-state index in [1.54, 1.807) is 22.7 Å². The molecule has 0 saturated heterocycles. The summed E-state index contributed by atoms with van der Waals surface area (Å²) >= 11 is 3.38. The number of nitrogens with zero attached hydrogens (tertiary/aromatic N) is 2. The van der Waals surface area contributed by atoms with Crippen molar-refractivity contribution in [2.75, 3.05) is 4.90 Å². The van der Waals surface area contributed by atoms with Gasteiger partial charge in [-0.1, -0.05) is 11.3 Å². The van der Waals surface area contributed by atoms with Gasteiger partial charge >= 0.3 is 0 Å². The summed E-state index contributed by atoms with van der Waals surface area (Å²) in [4.78, 5) is 19.5. The Bertz CT molecular complexity index is 661. The average Bonchev–Trinajstić information content (AvgIpc) is 3.11. The molecule has 4 nitrogen and oxygen atoms in total. The van der Waals surface area contributed by atoms with Crippen LogP contribution in [0.4, 0.5) is 5.00 Å². The third-order valence-electron chi connectivity index (χ3n) is 3.69. The Morgan fingerprint density at radius 2 is 2.18 bits per heavy atom. The first-order valence-corrected chi connectivity index (χ1v) is 9.34. The first kappa shape index (κ1) is 15.5. The molecule has 3 heterocycles. The lowest BCUT2D eigenvalue weighted by Gasteiger charge is -2.30. The molecule has 6 heteroatoms. The Labute approximate surface area is 139 Å². The van der Waals surface area contributed by atoms with Crippen molar-refractivity contribution in [2.24, 2.45) is 0 Å². The molecule has 3 rings (SSSR count). The van der Waals surface area contributed by atoms with Gasteiger partial charge in [-0.3, -0.25) is 4.79 Å². The second-order valence-corrected chi connectivity index (χ2v) is 7.92. The van der Waals surface area contributed by atoms with Crippen molar-refractivity contribution >= 4 is 33.6 Å². The van der Waals surface area contributed by atoms with E-state index in [9.17, 15) is 4.79 Å². The van der Waals surface area contributed by atoms with E-state index in [-0.39, 0.29) is 24.0 Å². The van der Waals surface area contributed by atoms with Gasteiger partial charge < -0.3 is 10.2 Å². The quantitative estimate of drug-likeness (QED) is 0.929. The molecule has 0 aromatic carbocycles. The summed E-state index contributed by atoms with van der Waals surface area (Å²) in [5.74, 6) is 0.103. The molecule has 1 amide bonds. The predicted molar refractivity (Wildman–Crippen MR) is 93.8 cm³/mol. The highest BCUT2D eigenvalue weighted by atomic mass is 32.1. The number of carbonyl (C=O) groups is 1. The lowest BCUT2D eigenvalue weighted by atomic mass is 10.1. The number of aromatic nitrogens is 1. The summed E-state index contributed by atoms with van der Waals surface area (Å²) in [5, 5.41) is 9.43. The predicted octanol–water partition coefficient (Wildman–Crippen LogP) is 3.54. The summed E-state index contributed by atoms with van der Waals surface area (Å²) in [5.41, 5.74) is 2.24. The van der Waals surface area contributed by atoms with Gasteiger partial charge in [0.25, 0.3) is 0 Å². The standard InChI is InChI=1S/C16H21N3OS2/c1-9(2)17-14(20)13-7-12-16(19(13)10(3)4)22-15(18-12)11-5-6-21-8-11/h5-6,8-10,13H,7H2,1-4H3,(H,17,20)/t13-/m1/s1. The van der Waals surface area contributed by atoms with Crippen LogP contribution in [0.25, 0.3) is 10.6 Å². The van der Waals surface area contributed by atoms with Gasteiger partial charge in [-0.2, -0.15) is 11.3 Å². The van der Waals surface area contributed by atoms with Crippen LogP contribution in [0.2, 0.25) is 0 Å². The Morgan fingerprint density at radius 3 is 2.77 bits per heavy atom. The van der Waals surface area contributed by atoms with Crippen LogP contribution in [0.3, 0.4) is 0 Å². The number of thiazole rings is 1. The number of rotatable bonds is 4. The normalized spacial score (nSPS) is 17.4. The van der Waals surface area contributed by atoms with Gasteiger partial charge in [-0.25, -0.2) is 4.98 Å². The zero-order chi connectivity index (χ0) is 15.9. The molecule has 118 valence electrons. The third-order valence-corrected chi connectivity index (χ3v) is 5.54. The molecule has 1 N–H and O–H groups in total. The Balaban J connectivity index is 1.89. The molecule has 0 spiro atoms. The fraction of sp³-hybridized carbons (Fsp3) is 0.500. The molecule has 0 saturated carbocycles. The highest BCUT2D eigenvalue weighted by molar-refractivity contribution is 7.19. The summed E-state index contributed by atoms with van der Waals surface area (Å²) in [6.45, 7) is 8.26. The van der Waals surface area contributed by atoms with Gasteiger partial charge in [0.15, 0.2) is 0 Å². The van der Waals surface area contributed by atoms with Crippen LogP contribution in [0.5, 0.6) is 0 Å². The second kappa shape index (κ2) is 6.01. The van der Waals surface area contributed by atoms with Crippen LogP contribution in [-0.2, 0) is 11.2 Å². The smallest absolute Gasteiger partial charge is 0.243 e. The fourth-order valence-corrected chi connectivity index (χ4v) is 4.79. The minimum absolute atomic E-state index is 0.103. The molecular weight excluding hydrogens is 314 g/mol.